The smallest absolute Gasteiger partial charge is 0.326 e. The van der Waals surface area contributed by atoms with Gasteiger partial charge in [0.05, 0.1) is 0 Å². The van der Waals surface area contributed by atoms with Gasteiger partial charge in [-0.05, 0) is 5.92 Å². The van der Waals surface area contributed by atoms with Crippen molar-refractivity contribution in [1.29, 1.82) is 0 Å². The van der Waals surface area contributed by atoms with E-state index >= 15 is 0 Å². The molecule has 1 aliphatic rings. The SMILES string of the molecule is CC(C)C(NC(=O)C1=COCCO1)C(=O)O. The van der Waals surface area contributed by atoms with Gasteiger partial charge in [0.1, 0.15) is 25.5 Å². The van der Waals surface area contributed by atoms with Gasteiger partial charge in [-0.15, -0.1) is 0 Å². The largest absolute Gasteiger partial charge is 0.494 e. The second-order valence-electron chi connectivity index (χ2n) is 3.73. The molecule has 0 aliphatic carbocycles. The van der Waals surface area contributed by atoms with E-state index in [-0.39, 0.29) is 11.7 Å². The van der Waals surface area contributed by atoms with Crippen molar-refractivity contribution in [1.82, 2.24) is 5.32 Å². The molecule has 1 unspecified atom stereocenters. The molecule has 0 fully saturated rings. The minimum Gasteiger partial charge on any atom is -0.494 e. The molecule has 1 aliphatic heterocycles. The first kappa shape index (κ1) is 12.4. The fourth-order valence-electron chi connectivity index (χ4n) is 1.21. The summed E-state index contributed by atoms with van der Waals surface area (Å²) >= 11 is 0. The van der Waals surface area contributed by atoms with Gasteiger partial charge >= 0.3 is 5.97 Å². The second kappa shape index (κ2) is 5.39. The van der Waals surface area contributed by atoms with Crippen LogP contribution in [0.25, 0.3) is 0 Å². The third-order valence-electron chi connectivity index (χ3n) is 2.09. The van der Waals surface area contributed by atoms with Crippen LogP contribution < -0.4 is 5.32 Å². The zero-order valence-corrected chi connectivity index (χ0v) is 9.23. The molecule has 0 spiro atoms. The predicted octanol–water partition coefficient (Wildman–Crippen LogP) is 0.1000. The van der Waals surface area contributed by atoms with Gasteiger partial charge in [-0.3, -0.25) is 4.79 Å². The number of hydrogen-bond donors (Lipinski definition) is 2. The van der Waals surface area contributed by atoms with Crippen molar-refractivity contribution >= 4 is 11.9 Å². The Morgan fingerprint density at radius 2 is 2.12 bits per heavy atom. The number of carboxylic acids is 1. The van der Waals surface area contributed by atoms with Crippen molar-refractivity contribution in [2.45, 2.75) is 19.9 Å². The fraction of sp³-hybridized carbons (Fsp3) is 0.600. The molecule has 1 rings (SSSR count). The van der Waals surface area contributed by atoms with Crippen LogP contribution >= 0.6 is 0 Å². The van der Waals surface area contributed by atoms with Gasteiger partial charge < -0.3 is 19.9 Å². The molecule has 6 heteroatoms. The lowest BCUT2D eigenvalue weighted by Crippen LogP contribution is -2.45. The zero-order chi connectivity index (χ0) is 12.1. The molecular formula is C10H15NO5. The van der Waals surface area contributed by atoms with Crippen LogP contribution in [0.2, 0.25) is 0 Å². The lowest BCUT2D eigenvalue weighted by Gasteiger charge is -2.20. The fourth-order valence-corrected chi connectivity index (χ4v) is 1.21. The minimum absolute atomic E-state index is 0.0122. The van der Waals surface area contributed by atoms with Crippen molar-refractivity contribution in [3.63, 3.8) is 0 Å². The van der Waals surface area contributed by atoms with Crippen LogP contribution in [0.1, 0.15) is 13.8 Å². The van der Waals surface area contributed by atoms with Crippen LogP contribution in [-0.4, -0.2) is 36.2 Å². The number of amides is 1. The van der Waals surface area contributed by atoms with E-state index in [1.807, 2.05) is 0 Å². The molecule has 2 N–H and O–H groups in total. The predicted molar refractivity (Wildman–Crippen MR) is 54.4 cm³/mol. The Bertz CT molecular complexity index is 310. The van der Waals surface area contributed by atoms with E-state index in [2.05, 4.69) is 5.32 Å². The number of hydrogen-bond acceptors (Lipinski definition) is 4. The average molecular weight is 229 g/mol. The molecule has 6 nitrogen and oxygen atoms in total. The summed E-state index contributed by atoms with van der Waals surface area (Å²) in [5.41, 5.74) is 0. The van der Waals surface area contributed by atoms with Gasteiger partial charge in [-0.25, -0.2) is 4.79 Å². The maximum Gasteiger partial charge on any atom is 0.326 e. The van der Waals surface area contributed by atoms with E-state index in [4.69, 9.17) is 14.6 Å². The van der Waals surface area contributed by atoms with Crippen LogP contribution in [0, 0.1) is 5.92 Å². The first-order valence-electron chi connectivity index (χ1n) is 5.00. The molecular weight excluding hydrogens is 214 g/mol. The van der Waals surface area contributed by atoms with Crippen molar-refractivity contribution < 1.29 is 24.2 Å². The lowest BCUT2D eigenvalue weighted by molar-refractivity contribution is -0.143. The van der Waals surface area contributed by atoms with Gasteiger partial charge in [0.15, 0.2) is 0 Å². The number of aliphatic carboxylic acids is 1. The average Bonchev–Trinajstić information content (AvgIpc) is 2.25. The highest BCUT2D eigenvalue weighted by molar-refractivity contribution is 5.94. The molecule has 1 amide bonds. The Balaban J connectivity index is 2.61. The number of carboxylic acid groups (broad SMARTS) is 1. The van der Waals surface area contributed by atoms with Gasteiger partial charge in [-0.1, -0.05) is 13.8 Å². The van der Waals surface area contributed by atoms with Crippen molar-refractivity contribution in [2.75, 3.05) is 13.2 Å². The highest BCUT2D eigenvalue weighted by Crippen LogP contribution is 2.07. The van der Waals surface area contributed by atoms with Gasteiger partial charge in [0, 0.05) is 0 Å². The van der Waals surface area contributed by atoms with Crippen molar-refractivity contribution in [3.05, 3.63) is 12.0 Å². The van der Waals surface area contributed by atoms with Crippen LogP contribution in [0.15, 0.2) is 12.0 Å². The zero-order valence-electron chi connectivity index (χ0n) is 9.23. The second-order valence-corrected chi connectivity index (χ2v) is 3.73. The number of ether oxygens (including phenoxy) is 2. The summed E-state index contributed by atoms with van der Waals surface area (Å²) in [6.07, 6.45) is 1.19. The number of carbonyl (C=O) groups excluding carboxylic acids is 1. The summed E-state index contributed by atoms with van der Waals surface area (Å²) in [6.45, 7) is 4.11. The van der Waals surface area contributed by atoms with E-state index in [1.165, 1.54) is 6.26 Å². The Labute approximate surface area is 93.2 Å². The lowest BCUT2D eigenvalue weighted by atomic mass is 10.0. The topological polar surface area (TPSA) is 84.9 Å². The molecule has 0 aromatic carbocycles. The molecule has 0 aromatic heterocycles. The molecule has 0 saturated heterocycles. The summed E-state index contributed by atoms with van der Waals surface area (Å²) in [5, 5.41) is 11.3. The number of rotatable bonds is 4. The standard InChI is InChI=1S/C10H15NO5/c1-6(2)8(10(13)14)11-9(12)7-5-15-3-4-16-7/h5-6,8H,3-4H2,1-2H3,(H,11,12)(H,13,14). The Hall–Kier alpha value is -1.72. The molecule has 16 heavy (non-hydrogen) atoms. The summed E-state index contributed by atoms with van der Waals surface area (Å²) in [6, 6.07) is -0.932. The molecule has 1 heterocycles. The Morgan fingerprint density at radius 1 is 1.44 bits per heavy atom. The first-order chi connectivity index (χ1) is 7.52. The molecule has 0 saturated carbocycles. The molecule has 90 valence electrons. The van der Waals surface area contributed by atoms with Crippen molar-refractivity contribution in [3.8, 4) is 0 Å². The van der Waals surface area contributed by atoms with E-state index < -0.39 is 17.9 Å². The first-order valence-corrected chi connectivity index (χ1v) is 5.00. The number of carbonyl (C=O) groups is 2. The number of nitrogens with one attached hydrogen (secondary N) is 1. The van der Waals surface area contributed by atoms with Crippen LogP contribution in [-0.2, 0) is 19.1 Å². The van der Waals surface area contributed by atoms with Crippen molar-refractivity contribution in [2.24, 2.45) is 5.92 Å². The Morgan fingerprint density at radius 3 is 2.56 bits per heavy atom. The van der Waals surface area contributed by atoms with Gasteiger partial charge in [-0.2, -0.15) is 0 Å². The Kier molecular flexibility index (Phi) is 4.16. The third kappa shape index (κ3) is 3.15. The summed E-state index contributed by atoms with van der Waals surface area (Å²) in [5.74, 6) is -1.83. The summed E-state index contributed by atoms with van der Waals surface area (Å²) < 4.78 is 9.94. The normalized spacial score (nSPS) is 16.8. The summed E-state index contributed by atoms with van der Waals surface area (Å²) in [7, 11) is 0. The highest BCUT2D eigenvalue weighted by Gasteiger charge is 2.26. The quantitative estimate of drug-likeness (QED) is 0.714. The van der Waals surface area contributed by atoms with E-state index in [9.17, 15) is 9.59 Å². The van der Waals surface area contributed by atoms with Crippen LogP contribution in [0.5, 0.6) is 0 Å². The van der Waals surface area contributed by atoms with Crippen LogP contribution in [0.3, 0.4) is 0 Å². The molecule has 0 bridgehead atoms. The molecule has 0 radical (unpaired) electrons. The van der Waals surface area contributed by atoms with E-state index in [1.54, 1.807) is 13.8 Å². The third-order valence-corrected chi connectivity index (χ3v) is 2.09. The van der Waals surface area contributed by atoms with E-state index in [0.717, 1.165) is 0 Å². The summed E-state index contributed by atoms with van der Waals surface area (Å²) in [4.78, 5) is 22.4. The van der Waals surface area contributed by atoms with Crippen LogP contribution in [0.4, 0.5) is 0 Å². The maximum absolute atomic E-state index is 11.6. The maximum atomic E-state index is 11.6. The van der Waals surface area contributed by atoms with Gasteiger partial charge in [0.2, 0.25) is 5.76 Å². The molecule has 0 aromatic rings. The monoisotopic (exact) mass is 229 g/mol. The minimum atomic E-state index is -1.07. The highest BCUT2D eigenvalue weighted by atomic mass is 16.6. The van der Waals surface area contributed by atoms with Gasteiger partial charge in [0.25, 0.3) is 5.91 Å². The van der Waals surface area contributed by atoms with E-state index in [0.29, 0.717) is 13.2 Å². The molecule has 1 atom stereocenters.